The van der Waals surface area contributed by atoms with Gasteiger partial charge in [0.2, 0.25) is 0 Å². The number of carbonyl (C=O) groups is 1. The van der Waals surface area contributed by atoms with Gasteiger partial charge in [0.25, 0.3) is 0 Å². The number of hydrogen-bond donors (Lipinski definition) is 0. The highest BCUT2D eigenvalue weighted by atomic mass is 32.1. The van der Waals surface area contributed by atoms with Crippen LogP contribution >= 0.6 is 11.3 Å². The van der Waals surface area contributed by atoms with Crippen molar-refractivity contribution in [3.8, 4) is 0 Å². The highest BCUT2D eigenvalue weighted by Crippen LogP contribution is 2.26. The molecule has 4 nitrogen and oxygen atoms in total. The van der Waals surface area contributed by atoms with E-state index in [1.54, 1.807) is 13.3 Å². The van der Waals surface area contributed by atoms with E-state index >= 15 is 0 Å². The van der Waals surface area contributed by atoms with Crippen LogP contribution in [0.25, 0.3) is 0 Å². The Morgan fingerprint density at radius 1 is 1.50 bits per heavy atom. The number of esters is 1. The van der Waals surface area contributed by atoms with E-state index in [0.29, 0.717) is 4.88 Å². The molecule has 1 fully saturated rings. The first-order valence-corrected chi connectivity index (χ1v) is 7.24. The smallest absolute Gasteiger partial charge is 0.350 e. The lowest BCUT2D eigenvalue weighted by Gasteiger charge is -2.17. The molecule has 1 aliphatic rings. The van der Waals surface area contributed by atoms with Gasteiger partial charge in [-0.15, -0.1) is 11.3 Å². The molecule has 0 aliphatic heterocycles. The van der Waals surface area contributed by atoms with E-state index in [-0.39, 0.29) is 18.2 Å². The van der Waals surface area contributed by atoms with Gasteiger partial charge in [0.1, 0.15) is 11.0 Å². The maximum absolute atomic E-state index is 12.0. The Kier molecular flexibility index (Phi) is 4.72. The Bertz CT molecular complexity index is 405. The number of ether oxygens (including phenoxy) is 2. The van der Waals surface area contributed by atoms with Crippen LogP contribution in [-0.2, 0) is 15.9 Å². The van der Waals surface area contributed by atoms with Gasteiger partial charge in [-0.25, -0.2) is 9.78 Å². The lowest BCUT2D eigenvalue weighted by molar-refractivity contribution is -0.0203. The Hall–Kier alpha value is -0.940. The fraction of sp³-hybridized carbons (Fsp3) is 0.692. The second-order valence-corrected chi connectivity index (χ2v) is 5.63. The van der Waals surface area contributed by atoms with Gasteiger partial charge in [-0.3, -0.25) is 0 Å². The molecule has 0 aromatic carbocycles. The normalized spacial score (nSPS) is 23.2. The fourth-order valence-electron chi connectivity index (χ4n) is 2.23. The number of hydrogen-bond acceptors (Lipinski definition) is 5. The van der Waals surface area contributed by atoms with Gasteiger partial charge < -0.3 is 9.47 Å². The molecule has 1 heterocycles. The number of rotatable bonds is 5. The van der Waals surface area contributed by atoms with Crippen molar-refractivity contribution in [2.45, 2.75) is 51.2 Å². The Morgan fingerprint density at radius 3 is 3.00 bits per heavy atom. The largest absolute Gasteiger partial charge is 0.455 e. The molecule has 2 atom stereocenters. The molecule has 0 spiro atoms. The van der Waals surface area contributed by atoms with Gasteiger partial charge in [-0.2, -0.15) is 0 Å². The van der Waals surface area contributed by atoms with Crippen LogP contribution < -0.4 is 0 Å². The zero-order valence-electron chi connectivity index (χ0n) is 10.8. The van der Waals surface area contributed by atoms with Gasteiger partial charge in [0.05, 0.1) is 17.3 Å². The third-order valence-electron chi connectivity index (χ3n) is 3.17. The molecule has 0 radical (unpaired) electrons. The summed E-state index contributed by atoms with van der Waals surface area (Å²) in [5, 5.41) is 0.999. The topological polar surface area (TPSA) is 48.4 Å². The summed E-state index contributed by atoms with van der Waals surface area (Å²) in [6, 6.07) is 0. The molecule has 100 valence electrons. The summed E-state index contributed by atoms with van der Waals surface area (Å²) < 4.78 is 10.8. The molecule has 2 rings (SSSR count). The molecular weight excluding hydrogens is 250 g/mol. The fourth-order valence-corrected chi connectivity index (χ4v) is 3.13. The summed E-state index contributed by atoms with van der Waals surface area (Å²) in [5.41, 5.74) is 0. The minimum absolute atomic E-state index is 0.0528. The second kappa shape index (κ2) is 6.29. The highest BCUT2D eigenvalue weighted by molar-refractivity contribution is 7.13. The molecule has 1 aliphatic carbocycles. The number of carbonyl (C=O) groups excluding carboxylic acids is 1. The average Bonchev–Trinajstić information content (AvgIpc) is 2.98. The van der Waals surface area contributed by atoms with E-state index in [1.807, 2.05) is 0 Å². The Labute approximate surface area is 111 Å². The van der Waals surface area contributed by atoms with Crippen molar-refractivity contribution >= 4 is 17.3 Å². The van der Waals surface area contributed by atoms with Crippen LogP contribution in [0.15, 0.2) is 6.20 Å². The molecule has 0 bridgehead atoms. The van der Waals surface area contributed by atoms with E-state index in [4.69, 9.17) is 9.47 Å². The summed E-state index contributed by atoms with van der Waals surface area (Å²) >= 11 is 1.43. The van der Waals surface area contributed by atoms with E-state index < -0.39 is 0 Å². The number of methoxy groups -OCH3 is 1. The standard InChI is InChI=1S/C13H19NO3S/c1-3-5-12-14-8-11(18-12)13(15)17-10-7-4-6-9(10)16-2/h8-10H,3-7H2,1-2H3/t9-,10+/m0/s1. The lowest BCUT2D eigenvalue weighted by atomic mass is 10.2. The van der Waals surface area contributed by atoms with Crippen molar-refractivity contribution in [1.82, 2.24) is 4.98 Å². The van der Waals surface area contributed by atoms with E-state index in [9.17, 15) is 4.79 Å². The first-order valence-electron chi connectivity index (χ1n) is 6.43. The second-order valence-electron chi connectivity index (χ2n) is 4.52. The van der Waals surface area contributed by atoms with Crippen molar-refractivity contribution in [2.24, 2.45) is 0 Å². The summed E-state index contributed by atoms with van der Waals surface area (Å²) in [6.07, 6.45) is 6.45. The van der Waals surface area contributed by atoms with Gasteiger partial charge in [-0.05, 0) is 32.1 Å². The van der Waals surface area contributed by atoms with Crippen LogP contribution in [0.3, 0.4) is 0 Å². The van der Waals surface area contributed by atoms with Crippen LogP contribution in [-0.4, -0.2) is 30.3 Å². The maximum Gasteiger partial charge on any atom is 0.350 e. The molecular formula is C13H19NO3S. The van der Waals surface area contributed by atoms with Crippen LogP contribution in [0.1, 0.15) is 47.3 Å². The summed E-state index contributed by atoms with van der Waals surface area (Å²) in [7, 11) is 1.67. The number of thiazole rings is 1. The first kappa shape index (κ1) is 13.5. The molecule has 18 heavy (non-hydrogen) atoms. The lowest BCUT2D eigenvalue weighted by Crippen LogP contribution is -2.27. The van der Waals surface area contributed by atoms with Gasteiger partial charge in [-0.1, -0.05) is 6.92 Å². The van der Waals surface area contributed by atoms with Gasteiger partial charge in [0, 0.05) is 7.11 Å². The molecule has 1 aromatic rings. The van der Waals surface area contributed by atoms with Crippen LogP contribution in [0.2, 0.25) is 0 Å². The molecule has 0 saturated heterocycles. The van der Waals surface area contributed by atoms with Crippen LogP contribution in [0.4, 0.5) is 0 Å². The van der Waals surface area contributed by atoms with Crippen LogP contribution in [0.5, 0.6) is 0 Å². The molecule has 0 unspecified atom stereocenters. The van der Waals surface area contributed by atoms with Crippen LogP contribution in [0, 0.1) is 0 Å². The Morgan fingerprint density at radius 2 is 2.28 bits per heavy atom. The summed E-state index contributed by atoms with van der Waals surface area (Å²) in [6.45, 7) is 2.10. The third kappa shape index (κ3) is 3.09. The molecule has 1 saturated carbocycles. The minimum atomic E-state index is -0.260. The van der Waals surface area contributed by atoms with Crippen molar-refractivity contribution in [3.63, 3.8) is 0 Å². The zero-order valence-corrected chi connectivity index (χ0v) is 11.7. The number of aromatic nitrogens is 1. The molecule has 0 N–H and O–H groups in total. The van der Waals surface area contributed by atoms with Crippen molar-refractivity contribution in [1.29, 1.82) is 0 Å². The molecule has 5 heteroatoms. The third-order valence-corrected chi connectivity index (χ3v) is 4.21. The Balaban J connectivity index is 1.94. The summed E-state index contributed by atoms with van der Waals surface area (Å²) in [4.78, 5) is 16.8. The van der Waals surface area contributed by atoms with Gasteiger partial charge in [0.15, 0.2) is 0 Å². The average molecular weight is 269 g/mol. The quantitative estimate of drug-likeness (QED) is 0.771. The summed E-state index contributed by atoms with van der Waals surface area (Å²) in [5.74, 6) is -0.260. The predicted octanol–water partition coefficient (Wildman–Crippen LogP) is 2.82. The predicted molar refractivity (Wildman–Crippen MR) is 70.0 cm³/mol. The van der Waals surface area contributed by atoms with Crippen molar-refractivity contribution in [3.05, 3.63) is 16.1 Å². The molecule has 1 aromatic heterocycles. The van der Waals surface area contributed by atoms with Crippen molar-refractivity contribution in [2.75, 3.05) is 7.11 Å². The SMILES string of the molecule is CCCc1ncc(C(=O)O[C@@H]2CCC[C@@H]2OC)s1. The van der Waals surface area contributed by atoms with Gasteiger partial charge >= 0.3 is 5.97 Å². The van der Waals surface area contributed by atoms with E-state index in [2.05, 4.69) is 11.9 Å². The number of aryl methyl sites for hydroxylation is 1. The maximum atomic E-state index is 12.0. The first-order chi connectivity index (χ1) is 8.74. The van der Waals surface area contributed by atoms with E-state index in [1.165, 1.54) is 11.3 Å². The zero-order chi connectivity index (χ0) is 13.0. The number of nitrogens with zero attached hydrogens (tertiary/aromatic N) is 1. The van der Waals surface area contributed by atoms with E-state index in [0.717, 1.165) is 37.1 Å². The monoisotopic (exact) mass is 269 g/mol. The minimum Gasteiger partial charge on any atom is -0.455 e. The highest BCUT2D eigenvalue weighted by Gasteiger charge is 2.31. The van der Waals surface area contributed by atoms with Crippen molar-refractivity contribution < 1.29 is 14.3 Å². The molecule has 0 amide bonds.